The average molecular weight is 348 g/mol. The molecule has 2 amide bonds. The molecule has 0 aliphatic rings. The maximum absolute atomic E-state index is 12.1. The number of amides is 2. The van der Waals surface area contributed by atoms with Gasteiger partial charge in [0.05, 0.1) is 7.05 Å². The second-order valence-corrected chi connectivity index (χ2v) is 5.26. The maximum Gasteiger partial charge on any atom is 0.573 e. The van der Waals surface area contributed by atoms with Crippen LogP contribution in [0.5, 0.6) is 5.75 Å². The number of hydrogen-bond donors (Lipinski definition) is 3. The largest absolute Gasteiger partial charge is 0.573 e. The third-order valence-corrected chi connectivity index (χ3v) is 3.29. The van der Waals surface area contributed by atoms with Crippen LogP contribution in [0.3, 0.4) is 0 Å². The lowest BCUT2D eigenvalue weighted by molar-refractivity contribution is -0.885. The smallest absolute Gasteiger partial charge is 0.406 e. The maximum atomic E-state index is 12.1. The monoisotopic (exact) mass is 348 g/mol. The van der Waals surface area contributed by atoms with Gasteiger partial charge in [0.1, 0.15) is 5.75 Å². The molecule has 9 heteroatoms. The molecule has 0 fully saturated rings. The van der Waals surface area contributed by atoms with Crippen LogP contribution >= 0.6 is 0 Å². The minimum atomic E-state index is -4.76. The first-order valence-electron chi connectivity index (χ1n) is 7.38. The van der Waals surface area contributed by atoms with Crippen LogP contribution in [0.15, 0.2) is 24.3 Å². The lowest BCUT2D eigenvalue weighted by atomic mass is 10.2. The Balaban J connectivity index is 2.54. The standard InChI is InChI=1S/C15H20F3N3O3/c1-4-19-14(23)10(2)21(3)9-13(22)20-11-5-7-12(8-6-11)24-15(16,17)18/h5-8,10H,4,9H2,1-3H3,(H,19,23)(H,20,22)/p+1/t10-/m1/s1. The van der Waals surface area contributed by atoms with E-state index in [0.717, 1.165) is 12.1 Å². The minimum absolute atomic E-state index is 0.0408. The van der Waals surface area contributed by atoms with Crippen molar-refractivity contribution < 1.29 is 32.4 Å². The molecule has 0 saturated carbocycles. The van der Waals surface area contributed by atoms with E-state index >= 15 is 0 Å². The van der Waals surface area contributed by atoms with E-state index in [1.165, 1.54) is 12.1 Å². The van der Waals surface area contributed by atoms with Crippen LogP contribution < -0.4 is 20.3 Å². The highest BCUT2D eigenvalue weighted by molar-refractivity contribution is 5.91. The summed E-state index contributed by atoms with van der Waals surface area (Å²) < 4.78 is 39.9. The topological polar surface area (TPSA) is 71.9 Å². The number of anilines is 1. The molecule has 0 heterocycles. The van der Waals surface area contributed by atoms with Crippen molar-refractivity contribution in [2.45, 2.75) is 26.3 Å². The fraction of sp³-hybridized carbons (Fsp3) is 0.467. The molecule has 1 aromatic rings. The zero-order valence-corrected chi connectivity index (χ0v) is 13.7. The summed E-state index contributed by atoms with van der Waals surface area (Å²) >= 11 is 0. The van der Waals surface area contributed by atoms with Gasteiger partial charge in [-0.3, -0.25) is 9.59 Å². The molecule has 6 nitrogen and oxygen atoms in total. The van der Waals surface area contributed by atoms with Crippen molar-refractivity contribution in [1.29, 1.82) is 0 Å². The number of halogens is 3. The molecular formula is C15H21F3N3O3+. The van der Waals surface area contributed by atoms with Crippen molar-refractivity contribution in [2.75, 3.05) is 25.5 Å². The molecule has 1 rings (SSSR count). The molecule has 0 aromatic heterocycles. The van der Waals surface area contributed by atoms with Gasteiger partial charge in [0, 0.05) is 12.2 Å². The second-order valence-electron chi connectivity index (χ2n) is 5.26. The summed E-state index contributed by atoms with van der Waals surface area (Å²) in [6.45, 7) is 4.06. The van der Waals surface area contributed by atoms with Crippen LogP contribution in [0, 0.1) is 0 Å². The third-order valence-electron chi connectivity index (χ3n) is 3.29. The van der Waals surface area contributed by atoms with Gasteiger partial charge >= 0.3 is 6.36 Å². The van der Waals surface area contributed by atoms with Crippen LogP contribution in [0.1, 0.15) is 13.8 Å². The number of carbonyl (C=O) groups excluding carboxylic acids is 2. The molecular weight excluding hydrogens is 327 g/mol. The van der Waals surface area contributed by atoms with Gasteiger partial charge in [-0.05, 0) is 38.1 Å². The quantitative estimate of drug-likeness (QED) is 0.674. The Kier molecular flexibility index (Phi) is 7.02. The zero-order valence-electron chi connectivity index (χ0n) is 13.7. The number of ether oxygens (including phenoxy) is 1. The Morgan fingerprint density at radius 1 is 1.25 bits per heavy atom. The molecule has 1 aromatic carbocycles. The summed E-state index contributed by atoms with van der Waals surface area (Å²) in [6, 6.07) is 4.43. The Hall–Kier alpha value is -2.29. The van der Waals surface area contributed by atoms with E-state index in [4.69, 9.17) is 0 Å². The number of nitrogens with one attached hydrogen (secondary N) is 3. The van der Waals surface area contributed by atoms with Crippen molar-refractivity contribution in [2.24, 2.45) is 0 Å². The molecule has 0 radical (unpaired) electrons. The van der Waals surface area contributed by atoms with Gasteiger partial charge in [0.15, 0.2) is 12.6 Å². The van der Waals surface area contributed by atoms with Crippen LogP contribution in [0.25, 0.3) is 0 Å². The van der Waals surface area contributed by atoms with E-state index in [0.29, 0.717) is 17.1 Å². The molecule has 134 valence electrons. The highest BCUT2D eigenvalue weighted by atomic mass is 19.4. The molecule has 0 spiro atoms. The summed E-state index contributed by atoms with van der Waals surface area (Å²) in [4.78, 5) is 24.3. The summed E-state index contributed by atoms with van der Waals surface area (Å²) in [6.07, 6.45) is -4.76. The van der Waals surface area contributed by atoms with E-state index < -0.39 is 12.4 Å². The fourth-order valence-corrected chi connectivity index (χ4v) is 1.90. The van der Waals surface area contributed by atoms with Crippen molar-refractivity contribution in [3.8, 4) is 5.75 Å². The lowest BCUT2D eigenvalue weighted by Crippen LogP contribution is -3.15. The number of carbonyl (C=O) groups is 2. The number of likely N-dealkylation sites (N-methyl/N-ethyl adjacent to an activating group) is 2. The summed E-state index contributed by atoms with van der Waals surface area (Å²) in [5, 5.41) is 5.24. The molecule has 2 atom stereocenters. The summed E-state index contributed by atoms with van der Waals surface area (Å²) in [7, 11) is 1.71. The van der Waals surface area contributed by atoms with Crippen LogP contribution in [-0.4, -0.2) is 44.4 Å². The molecule has 0 aliphatic heterocycles. The van der Waals surface area contributed by atoms with Crippen LogP contribution in [0.2, 0.25) is 0 Å². The minimum Gasteiger partial charge on any atom is -0.406 e. The third kappa shape index (κ3) is 6.86. The predicted octanol–water partition coefficient (Wildman–Crippen LogP) is 0.563. The lowest BCUT2D eigenvalue weighted by Gasteiger charge is -2.20. The molecule has 0 saturated heterocycles. The zero-order chi connectivity index (χ0) is 18.3. The first-order valence-corrected chi connectivity index (χ1v) is 7.38. The fourth-order valence-electron chi connectivity index (χ4n) is 1.90. The van der Waals surface area contributed by atoms with E-state index in [1.54, 1.807) is 20.9 Å². The van der Waals surface area contributed by atoms with Gasteiger partial charge in [-0.25, -0.2) is 0 Å². The summed E-state index contributed by atoms with van der Waals surface area (Å²) in [5.41, 5.74) is 0.341. The molecule has 3 N–H and O–H groups in total. The van der Waals surface area contributed by atoms with Gasteiger partial charge in [0.25, 0.3) is 11.8 Å². The van der Waals surface area contributed by atoms with Crippen molar-refractivity contribution in [1.82, 2.24) is 5.32 Å². The predicted molar refractivity (Wildman–Crippen MR) is 81.7 cm³/mol. The first kappa shape index (κ1) is 19.8. The van der Waals surface area contributed by atoms with Crippen LogP contribution in [0.4, 0.5) is 18.9 Å². The van der Waals surface area contributed by atoms with E-state index in [9.17, 15) is 22.8 Å². The summed E-state index contributed by atoms with van der Waals surface area (Å²) in [5.74, 6) is -0.877. The van der Waals surface area contributed by atoms with Crippen molar-refractivity contribution in [3.63, 3.8) is 0 Å². The molecule has 24 heavy (non-hydrogen) atoms. The van der Waals surface area contributed by atoms with E-state index in [1.807, 2.05) is 0 Å². The highest BCUT2D eigenvalue weighted by Gasteiger charge is 2.31. The SMILES string of the molecule is CCNC(=O)[C@@H](C)[NH+](C)CC(=O)Nc1ccc(OC(F)(F)F)cc1. The number of rotatable bonds is 7. The van der Waals surface area contributed by atoms with E-state index in [-0.39, 0.29) is 24.1 Å². The Morgan fingerprint density at radius 3 is 2.33 bits per heavy atom. The van der Waals surface area contributed by atoms with Crippen LogP contribution in [-0.2, 0) is 9.59 Å². The van der Waals surface area contributed by atoms with Gasteiger partial charge in [-0.1, -0.05) is 0 Å². The number of quaternary nitrogens is 1. The van der Waals surface area contributed by atoms with Gasteiger partial charge < -0.3 is 20.3 Å². The van der Waals surface area contributed by atoms with Gasteiger partial charge in [-0.2, -0.15) is 0 Å². The van der Waals surface area contributed by atoms with Gasteiger partial charge in [-0.15, -0.1) is 13.2 Å². The average Bonchev–Trinajstić information content (AvgIpc) is 2.47. The van der Waals surface area contributed by atoms with E-state index in [2.05, 4.69) is 15.4 Å². The first-order chi connectivity index (χ1) is 11.1. The Morgan fingerprint density at radius 2 is 1.83 bits per heavy atom. The Bertz CT molecular complexity index is 561. The number of hydrogen-bond acceptors (Lipinski definition) is 3. The highest BCUT2D eigenvalue weighted by Crippen LogP contribution is 2.23. The molecule has 0 aliphatic carbocycles. The number of benzene rings is 1. The van der Waals surface area contributed by atoms with Crippen molar-refractivity contribution in [3.05, 3.63) is 24.3 Å². The molecule has 1 unspecified atom stereocenters. The number of alkyl halides is 3. The van der Waals surface area contributed by atoms with Crippen molar-refractivity contribution >= 4 is 17.5 Å². The Labute approximate surface area is 138 Å². The second kappa shape index (κ2) is 8.53. The normalized spacial score (nSPS) is 13.8. The van der Waals surface area contributed by atoms with Gasteiger partial charge in [0.2, 0.25) is 0 Å². The molecule has 0 bridgehead atoms.